The first kappa shape index (κ1) is 18.8. The minimum Gasteiger partial charge on any atom is -0.486 e. The minimum absolute atomic E-state index is 0.00983. The largest absolute Gasteiger partial charge is 0.486 e. The third-order valence-electron chi connectivity index (χ3n) is 4.80. The highest BCUT2D eigenvalue weighted by atomic mass is 32.2. The number of ether oxygens (including phenoxy) is 1. The smallest absolute Gasteiger partial charge is 0.243 e. The van der Waals surface area contributed by atoms with E-state index in [1.807, 2.05) is 6.92 Å². The van der Waals surface area contributed by atoms with Gasteiger partial charge in [0, 0.05) is 26.2 Å². The monoisotopic (exact) mass is 379 g/mol. The van der Waals surface area contributed by atoms with Gasteiger partial charge in [0.15, 0.2) is 5.82 Å². The highest BCUT2D eigenvalue weighted by molar-refractivity contribution is 7.89. The van der Waals surface area contributed by atoms with Crippen molar-refractivity contribution >= 4 is 10.0 Å². The molecule has 0 radical (unpaired) electrons. The van der Waals surface area contributed by atoms with E-state index >= 15 is 0 Å². The summed E-state index contributed by atoms with van der Waals surface area (Å²) >= 11 is 0. The summed E-state index contributed by atoms with van der Waals surface area (Å²) in [5.41, 5.74) is 5.97. The lowest BCUT2D eigenvalue weighted by Gasteiger charge is -2.33. The van der Waals surface area contributed by atoms with Crippen LogP contribution in [0.3, 0.4) is 0 Å². The Labute approximate surface area is 154 Å². The molecule has 2 N–H and O–H groups in total. The molecule has 2 heterocycles. The second-order valence-electron chi connectivity index (χ2n) is 6.68. The van der Waals surface area contributed by atoms with Crippen molar-refractivity contribution in [3.63, 3.8) is 0 Å². The molecule has 0 bridgehead atoms. The van der Waals surface area contributed by atoms with Crippen LogP contribution in [0.5, 0.6) is 5.75 Å². The molecule has 0 saturated carbocycles. The van der Waals surface area contributed by atoms with E-state index in [1.165, 1.54) is 6.33 Å². The van der Waals surface area contributed by atoms with Crippen molar-refractivity contribution in [1.82, 2.24) is 19.1 Å². The van der Waals surface area contributed by atoms with E-state index in [4.69, 9.17) is 10.5 Å². The van der Waals surface area contributed by atoms with Crippen LogP contribution < -0.4 is 10.5 Å². The molecule has 1 saturated heterocycles. The summed E-state index contributed by atoms with van der Waals surface area (Å²) in [5.74, 6) is 1.48. The predicted molar refractivity (Wildman–Crippen MR) is 96.9 cm³/mol. The Balaban J connectivity index is 1.67. The van der Waals surface area contributed by atoms with Crippen LogP contribution in [0.2, 0.25) is 0 Å². The van der Waals surface area contributed by atoms with Crippen LogP contribution in [0.4, 0.5) is 0 Å². The van der Waals surface area contributed by atoms with Gasteiger partial charge >= 0.3 is 0 Å². The summed E-state index contributed by atoms with van der Waals surface area (Å²) in [6.45, 7) is 3.22. The average Bonchev–Trinajstić information content (AvgIpc) is 3.05. The summed E-state index contributed by atoms with van der Waals surface area (Å²) in [6, 6.07) is 6.48. The molecule has 2 unspecified atom stereocenters. The molecule has 0 aliphatic carbocycles. The fraction of sp³-hybridized carbons (Fsp3) is 0.529. The van der Waals surface area contributed by atoms with Crippen LogP contribution in [-0.4, -0.2) is 46.6 Å². The third kappa shape index (κ3) is 4.05. The summed E-state index contributed by atoms with van der Waals surface area (Å²) in [7, 11) is -1.73. The number of nitrogens with two attached hydrogens (primary N) is 1. The first-order chi connectivity index (χ1) is 12.4. The number of nitrogens with zero attached hydrogens (tertiary/aromatic N) is 4. The maximum Gasteiger partial charge on any atom is 0.243 e. The van der Waals surface area contributed by atoms with Crippen molar-refractivity contribution in [2.45, 2.75) is 37.3 Å². The molecule has 3 rings (SSSR count). The summed E-state index contributed by atoms with van der Waals surface area (Å²) < 4.78 is 34.6. The van der Waals surface area contributed by atoms with Crippen LogP contribution in [-0.2, 0) is 23.7 Å². The van der Waals surface area contributed by atoms with Gasteiger partial charge in [-0.05, 0) is 49.9 Å². The highest BCUT2D eigenvalue weighted by Crippen LogP contribution is 2.26. The number of hydrogen-bond donors (Lipinski definition) is 1. The van der Waals surface area contributed by atoms with Crippen molar-refractivity contribution in [1.29, 1.82) is 0 Å². The molecule has 1 aromatic carbocycles. The molecule has 2 atom stereocenters. The van der Waals surface area contributed by atoms with Gasteiger partial charge in [0.05, 0.1) is 4.90 Å². The van der Waals surface area contributed by atoms with Gasteiger partial charge in [-0.25, -0.2) is 13.4 Å². The molecular formula is C17H25N5O3S. The highest BCUT2D eigenvalue weighted by Gasteiger charge is 2.31. The number of aromatic nitrogens is 3. The first-order valence-corrected chi connectivity index (χ1v) is 10.1. The average molecular weight is 379 g/mol. The van der Waals surface area contributed by atoms with E-state index in [9.17, 15) is 8.42 Å². The molecule has 1 fully saturated rings. The molecule has 9 heteroatoms. The summed E-state index contributed by atoms with van der Waals surface area (Å²) in [6.07, 6.45) is 3.27. The molecule has 1 aliphatic rings. The molecule has 142 valence electrons. The van der Waals surface area contributed by atoms with E-state index in [0.29, 0.717) is 24.7 Å². The standard InChI is InChI=1S/C17H25N5O3S/c1-13(18)14-4-3-9-22(10-14)26(23,24)16-7-5-15(6-8-16)25-11-17-19-12-20-21(17)2/h5-8,12-14H,3-4,9-11,18H2,1-2H3. The quantitative estimate of drug-likeness (QED) is 0.807. The Morgan fingerprint density at radius 3 is 2.69 bits per heavy atom. The van der Waals surface area contributed by atoms with Gasteiger partial charge < -0.3 is 10.5 Å². The van der Waals surface area contributed by atoms with E-state index in [1.54, 1.807) is 40.3 Å². The number of piperidine rings is 1. The number of hydrogen-bond acceptors (Lipinski definition) is 6. The predicted octanol–water partition coefficient (Wildman–Crippen LogP) is 1.14. The molecule has 8 nitrogen and oxygen atoms in total. The van der Waals surface area contributed by atoms with E-state index in [-0.39, 0.29) is 23.5 Å². The van der Waals surface area contributed by atoms with Gasteiger partial charge in [0.1, 0.15) is 18.7 Å². The van der Waals surface area contributed by atoms with Gasteiger partial charge in [-0.1, -0.05) is 0 Å². The van der Waals surface area contributed by atoms with Crippen LogP contribution in [0.1, 0.15) is 25.6 Å². The van der Waals surface area contributed by atoms with Crippen molar-refractivity contribution in [2.24, 2.45) is 18.7 Å². The zero-order valence-electron chi connectivity index (χ0n) is 15.1. The zero-order chi connectivity index (χ0) is 18.7. The molecule has 0 spiro atoms. The second kappa shape index (κ2) is 7.73. The van der Waals surface area contributed by atoms with Crippen LogP contribution in [0.25, 0.3) is 0 Å². The molecule has 1 aromatic heterocycles. The maximum atomic E-state index is 12.9. The lowest BCUT2D eigenvalue weighted by atomic mass is 9.93. The van der Waals surface area contributed by atoms with Gasteiger partial charge in [0.25, 0.3) is 0 Å². The van der Waals surface area contributed by atoms with Crippen LogP contribution in [0.15, 0.2) is 35.5 Å². The Bertz CT molecular complexity index is 832. The summed E-state index contributed by atoms with van der Waals surface area (Å²) in [4.78, 5) is 4.36. The number of rotatable bonds is 6. The lowest BCUT2D eigenvalue weighted by molar-refractivity contribution is 0.243. The van der Waals surface area contributed by atoms with Crippen LogP contribution >= 0.6 is 0 Å². The van der Waals surface area contributed by atoms with Gasteiger partial charge in [-0.15, -0.1) is 0 Å². The van der Waals surface area contributed by atoms with Crippen molar-refractivity contribution < 1.29 is 13.2 Å². The molecule has 2 aromatic rings. The Morgan fingerprint density at radius 2 is 2.08 bits per heavy atom. The van der Waals surface area contributed by atoms with E-state index in [0.717, 1.165) is 12.8 Å². The first-order valence-electron chi connectivity index (χ1n) is 8.69. The Morgan fingerprint density at radius 1 is 1.35 bits per heavy atom. The normalized spacial score (nSPS) is 20.0. The zero-order valence-corrected chi connectivity index (χ0v) is 15.9. The Hall–Kier alpha value is -1.97. The molecule has 0 amide bonds. The fourth-order valence-electron chi connectivity index (χ4n) is 3.08. The molecular weight excluding hydrogens is 354 g/mol. The topological polar surface area (TPSA) is 103 Å². The molecule has 26 heavy (non-hydrogen) atoms. The number of sulfonamides is 1. The van der Waals surface area contributed by atoms with Crippen molar-refractivity contribution in [3.05, 3.63) is 36.4 Å². The molecule has 1 aliphatic heterocycles. The number of aryl methyl sites for hydroxylation is 1. The van der Waals surface area contributed by atoms with Gasteiger partial charge in [-0.2, -0.15) is 9.40 Å². The van der Waals surface area contributed by atoms with Gasteiger partial charge in [-0.3, -0.25) is 4.68 Å². The maximum absolute atomic E-state index is 12.9. The SMILES string of the molecule is CC(N)C1CCCN(S(=O)(=O)c2ccc(OCc3ncnn3C)cc2)C1. The number of benzene rings is 1. The van der Waals surface area contributed by atoms with E-state index in [2.05, 4.69) is 10.1 Å². The van der Waals surface area contributed by atoms with Crippen molar-refractivity contribution in [3.8, 4) is 5.75 Å². The fourth-order valence-corrected chi connectivity index (χ4v) is 4.61. The second-order valence-corrected chi connectivity index (χ2v) is 8.62. The Kier molecular flexibility index (Phi) is 5.59. The van der Waals surface area contributed by atoms with Gasteiger partial charge in [0.2, 0.25) is 10.0 Å². The third-order valence-corrected chi connectivity index (χ3v) is 6.68. The van der Waals surface area contributed by atoms with Crippen LogP contribution in [0, 0.1) is 5.92 Å². The van der Waals surface area contributed by atoms with E-state index < -0.39 is 10.0 Å². The minimum atomic E-state index is -3.51. The lowest BCUT2D eigenvalue weighted by Crippen LogP contribution is -2.44. The van der Waals surface area contributed by atoms with Crippen molar-refractivity contribution in [2.75, 3.05) is 13.1 Å². The summed E-state index contributed by atoms with van der Waals surface area (Å²) in [5, 5.41) is 3.98.